The molecule has 2 aromatic carbocycles. The Kier molecular flexibility index (Phi) is 4.13. The van der Waals surface area contributed by atoms with Crippen molar-refractivity contribution < 1.29 is 18.0 Å². The summed E-state index contributed by atoms with van der Waals surface area (Å²) in [5.41, 5.74) is 0.722. The molecule has 0 aliphatic heterocycles. The summed E-state index contributed by atoms with van der Waals surface area (Å²) in [7, 11) is 0. The number of aryl methyl sites for hydroxylation is 1. The molecule has 0 atom stereocenters. The van der Waals surface area contributed by atoms with Crippen molar-refractivity contribution in [1.82, 2.24) is 0 Å². The normalized spacial score (nSPS) is 10.7. The van der Waals surface area contributed by atoms with Gasteiger partial charge in [0.25, 0.3) is 0 Å². The highest BCUT2D eigenvalue weighted by Gasteiger charge is 2.30. The molecule has 4 heteroatoms. The highest BCUT2D eigenvalue weighted by molar-refractivity contribution is 6.09. The number of halogens is 3. The molecule has 106 valence electrons. The van der Waals surface area contributed by atoms with Gasteiger partial charge in [-0.1, -0.05) is 30.2 Å². The van der Waals surface area contributed by atoms with E-state index in [4.69, 9.17) is 0 Å². The zero-order valence-corrected chi connectivity index (χ0v) is 11.2. The molecule has 0 radical (unpaired) electrons. The SMILES string of the molecule is Cc1cccc(C#CC(=O)c2cccc(C(F)(F)F)c2)c1. The number of Topliss-reactive ketones (excluding diaryl/α,β-unsaturated/α-hetero) is 1. The third-order valence-corrected chi connectivity index (χ3v) is 2.79. The van der Waals surface area contributed by atoms with Gasteiger partial charge in [-0.05, 0) is 42.7 Å². The van der Waals surface area contributed by atoms with E-state index in [-0.39, 0.29) is 5.56 Å². The summed E-state index contributed by atoms with van der Waals surface area (Å²) in [6.07, 6.45) is -4.47. The van der Waals surface area contributed by atoms with Gasteiger partial charge < -0.3 is 0 Å². The Hall–Kier alpha value is -2.54. The molecule has 2 aromatic rings. The molecule has 0 heterocycles. The Labute approximate surface area is 120 Å². The number of hydrogen-bond donors (Lipinski definition) is 0. The Morgan fingerprint density at radius 1 is 1.05 bits per heavy atom. The van der Waals surface area contributed by atoms with Gasteiger partial charge in [-0.25, -0.2) is 0 Å². The van der Waals surface area contributed by atoms with Crippen molar-refractivity contribution in [2.45, 2.75) is 13.1 Å². The lowest BCUT2D eigenvalue weighted by Crippen LogP contribution is -2.06. The van der Waals surface area contributed by atoms with Crippen molar-refractivity contribution in [1.29, 1.82) is 0 Å². The minimum atomic E-state index is -4.47. The van der Waals surface area contributed by atoms with E-state index in [1.165, 1.54) is 12.1 Å². The lowest BCUT2D eigenvalue weighted by atomic mass is 10.1. The molecule has 2 rings (SSSR count). The molecule has 0 spiro atoms. The summed E-state index contributed by atoms with van der Waals surface area (Å²) in [4.78, 5) is 11.8. The fraction of sp³-hybridized carbons (Fsp3) is 0.118. The van der Waals surface area contributed by atoms with Crippen LogP contribution in [0.2, 0.25) is 0 Å². The van der Waals surface area contributed by atoms with E-state index in [0.717, 1.165) is 17.7 Å². The van der Waals surface area contributed by atoms with E-state index >= 15 is 0 Å². The maximum Gasteiger partial charge on any atom is 0.416 e. The Balaban J connectivity index is 2.26. The van der Waals surface area contributed by atoms with E-state index in [9.17, 15) is 18.0 Å². The van der Waals surface area contributed by atoms with Gasteiger partial charge in [-0.3, -0.25) is 4.79 Å². The zero-order valence-electron chi connectivity index (χ0n) is 11.2. The van der Waals surface area contributed by atoms with Gasteiger partial charge in [0, 0.05) is 11.1 Å². The summed E-state index contributed by atoms with van der Waals surface area (Å²) < 4.78 is 37.7. The largest absolute Gasteiger partial charge is 0.416 e. The van der Waals surface area contributed by atoms with Crippen LogP contribution in [0.1, 0.15) is 27.0 Å². The predicted molar refractivity (Wildman–Crippen MR) is 73.8 cm³/mol. The summed E-state index contributed by atoms with van der Waals surface area (Å²) in [5.74, 6) is 4.39. The first-order valence-electron chi connectivity index (χ1n) is 6.16. The van der Waals surface area contributed by atoms with Crippen molar-refractivity contribution in [3.8, 4) is 11.8 Å². The Bertz CT molecular complexity index is 733. The number of hydrogen-bond acceptors (Lipinski definition) is 1. The lowest BCUT2D eigenvalue weighted by molar-refractivity contribution is -0.137. The Morgan fingerprint density at radius 3 is 2.43 bits per heavy atom. The molecule has 0 saturated heterocycles. The molecule has 0 aliphatic carbocycles. The van der Waals surface area contributed by atoms with Crippen molar-refractivity contribution in [2.24, 2.45) is 0 Å². The number of ketones is 1. The molecule has 0 bridgehead atoms. The molecule has 1 nitrogen and oxygen atoms in total. The first-order valence-corrected chi connectivity index (χ1v) is 6.16. The molecule has 0 saturated carbocycles. The second-order valence-corrected chi connectivity index (χ2v) is 4.53. The highest BCUT2D eigenvalue weighted by Crippen LogP contribution is 2.29. The molecule has 21 heavy (non-hydrogen) atoms. The maximum absolute atomic E-state index is 12.6. The van der Waals surface area contributed by atoms with Crippen LogP contribution in [0, 0.1) is 18.8 Å². The van der Waals surface area contributed by atoms with Crippen molar-refractivity contribution in [3.63, 3.8) is 0 Å². The summed E-state index contributed by atoms with van der Waals surface area (Å²) in [5, 5.41) is 0. The predicted octanol–water partition coefficient (Wildman–Crippen LogP) is 4.25. The Morgan fingerprint density at radius 2 is 1.76 bits per heavy atom. The van der Waals surface area contributed by atoms with Gasteiger partial charge in [0.1, 0.15) is 0 Å². The van der Waals surface area contributed by atoms with Crippen LogP contribution < -0.4 is 0 Å². The lowest BCUT2D eigenvalue weighted by Gasteiger charge is -2.06. The molecular weight excluding hydrogens is 277 g/mol. The number of carbonyl (C=O) groups is 1. The van der Waals surface area contributed by atoms with Crippen LogP contribution >= 0.6 is 0 Å². The van der Waals surface area contributed by atoms with Gasteiger partial charge in [0.05, 0.1) is 5.56 Å². The molecule has 0 N–H and O–H groups in total. The highest BCUT2D eigenvalue weighted by atomic mass is 19.4. The van der Waals surface area contributed by atoms with Crippen molar-refractivity contribution in [3.05, 3.63) is 70.8 Å². The van der Waals surface area contributed by atoms with Gasteiger partial charge >= 0.3 is 6.18 Å². The molecule has 0 amide bonds. The van der Waals surface area contributed by atoms with Crippen molar-refractivity contribution >= 4 is 5.78 Å². The number of benzene rings is 2. The van der Waals surface area contributed by atoms with Gasteiger partial charge in [0.2, 0.25) is 5.78 Å². The summed E-state index contributed by atoms with van der Waals surface area (Å²) >= 11 is 0. The average Bonchev–Trinajstić information content (AvgIpc) is 2.44. The second-order valence-electron chi connectivity index (χ2n) is 4.53. The zero-order chi connectivity index (χ0) is 15.5. The first kappa shape index (κ1) is 14.9. The minimum Gasteiger partial charge on any atom is -0.279 e. The topological polar surface area (TPSA) is 17.1 Å². The standard InChI is InChI=1S/C17H11F3O/c1-12-4-2-5-13(10-12)8-9-16(21)14-6-3-7-15(11-14)17(18,19)20/h2-7,10-11H,1H3. The van der Waals surface area contributed by atoms with Crippen LogP contribution in [-0.2, 0) is 6.18 Å². The summed E-state index contributed by atoms with van der Waals surface area (Å²) in [6, 6.07) is 11.5. The average molecular weight is 288 g/mol. The van der Waals surface area contributed by atoms with Crippen LogP contribution in [0.15, 0.2) is 48.5 Å². The first-order chi connectivity index (χ1) is 9.86. The fourth-order valence-electron chi connectivity index (χ4n) is 1.76. The molecule has 0 aromatic heterocycles. The summed E-state index contributed by atoms with van der Waals surface area (Å²) in [6.45, 7) is 1.89. The van der Waals surface area contributed by atoms with Crippen molar-refractivity contribution in [2.75, 3.05) is 0 Å². The smallest absolute Gasteiger partial charge is 0.279 e. The van der Waals surface area contributed by atoms with Gasteiger partial charge in [-0.2, -0.15) is 13.2 Å². The van der Waals surface area contributed by atoms with Gasteiger partial charge in [-0.15, -0.1) is 0 Å². The van der Waals surface area contributed by atoms with E-state index < -0.39 is 17.5 Å². The quantitative estimate of drug-likeness (QED) is 0.566. The van der Waals surface area contributed by atoms with E-state index in [1.54, 1.807) is 18.2 Å². The second kappa shape index (κ2) is 5.84. The number of carbonyl (C=O) groups excluding carboxylic acids is 1. The minimum absolute atomic E-state index is 0.0648. The molecule has 0 aliphatic rings. The van der Waals surface area contributed by atoms with Crippen LogP contribution in [0.4, 0.5) is 13.2 Å². The van der Waals surface area contributed by atoms with Crippen LogP contribution in [0.3, 0.4) is 0 Å². The molecule has 0 fully saturated rings. The van der Waals surface area contributed by atoms with Gasteiger partial charge in [0.15, 0.2) is 0 Å². The van der Waals surface area contributed by atoms with E-state index in [1.807, 2.05) is 13.0 Å². The third kappa shape index (κ3) is 3.96. The van der Waals surface area contributed by atoms with Crippen LogP contribution in [0.25, 0.3) is 0 Å². The van der Waals surface area contributed by atoms with Crippen LogP contribution in [0.5, 0.6) is 0 Å². The maximum atomic E-state index is 12.6. The number of alkyl halides is 3. The number of rotatable bonds is 1. The molecular formula is C17H11F3O. The third-order valence-electron chi connectivity index (χ3n) is 2.79. The van der Waals surface area contributed by atoms with Crippen LogP contribution in [-0.4, -0.2) is 5.78 Å². The fourth-order valence-corrected chi connectivity index (χ4v) is 1.76. The van der Waals surface area contributed by atoms with E-state index in [2.05, 4.69) is 11.8 Å². The monoisotopic (exact) mass is 288 g/mol. The van der Waals surface area contributed by atoms with E-state index in [0.29, 0.717) is 5.56 Å². The molecule has 0 unspecified atom stereocenters.